The summed E-state index contributed by atoms with van der Waals surface area (Å²) < 4.78 is 6.36. The SMILES string of the molecule is CC1(C)c2ccccc2-c2cc(-c3nc(-c4ccccc4)nc(-c4ccc5c(c4)c4ccccc4c4cc6c(cc54)oc4ccccc46)n3)ccc21. The Morgan fingerprint density at radius 1 is 0.365 bits per heavy atom. The average molecular weight is 666 g/mol. The number of hydrogen-bond donors (Lipinski definition) is 0. The molecule has 11 rings (SSSR count). The van der Waals surface area contributed by atoms with Crippen LogP contribution >= 0.6 is 0 Å². The van der Waals surface area contributed by atoms with Gasteiger partial charge in [-0.05, 0) is 84.9 Å². The van der Waals surface area contributed by atoms with Crippen LogP contribution in [0.25, 0.3) is 99.5 Å². The lowest BCUT2D eigenvalue weighted by Gasteiger charge is -2.21. The summed E-state index contributed by atoms with van der Waals surface area (Å²) in [5, 5.41) is 9.35. The van der Waals surface area contributed by atoms with Crippen molar-refractivity contribution in [2.45, 2.75) is 19.3 Å². The van der Waals surface area contributed by atoms with E-state index in [2.05, 4.69) is 135 Å². The minimum absolute atomic E-state index is 0.0713. The Morgan fingerprint density at radius 2 is 0.923 bits per heavy atom. The molecule has 10 aromatic rings. The van der Waals surface area contributed by atoms with Crippen molar-refractivity contribution in [3.63, 3.8) is 0 Å². The van der Waals surface area contributed by atoms with Crippen molar-refractivity contribution in [3.05, 3.63) is 163 Å². The molecule has 1 aliphatic carbocycles. The molecule has 0 saturated heterocycles. The molecule has 0 fully saturated rings. The van der Waals surface area contributed by atoms with Crippen LogP contribution < -0.4 is 0 Å². The zero-order valence-corrected chi connectivity index (χ0v) is 28.7. The Morgan fingerprint density at radius 3 is 1.71 bits per heavy atom. The maximum atomic E-state index is 6.36. The van der Waals surface area contributed by atoms with Gasteiger partial charge in [-0.1, -0.05) is 135 Å². The Bertz CT molecular complexity index is 3100. The Labute approximate surface area is 300 Å². The first-order valence-corrected chi connectivity index (χ1v) is 17.8. The molecule has 0 aliphatic heterocycles. The molecule has 0 saturated carbocycles. The predicted octanol–water partition coefficient (Wildman–Crippen LogP) is 12.5. The highest BCUT2D eigenvalue weighted by molar-refractivity contribution is 6.28. The lowest BCUT2D eigenvalue weighted by atomic mass is 9.82. The molecular weight excluding hydrogens is 635 g/mol. The number of hydrogen-bond acceptors (Lipinski definition) is 4. The zero-order valence-electron chi connectivity index (χ0n) is 28.7. The number of fused-ring (bicyclic) bond motifs is 12. The van der Waals surface area contributed by atoms with E-state index in [-0.39, 0.29) is 5.41 Å². The minimum Gasteiger partial charge on any atom is -0.456 e. The molecule has 2 heterocycles. The summed E-state index contributed by atoms with van der Waals surface area (Å²) in [5.74, 6) is 1.95. The molecule has 0 spiro atoms. The van der Waals surface area contributed by atoms with Crippen molar-refractivity contribution in [3.8, 4) is 45.3 Å². The predicted molar refractivity (Wildman–Crippen MR) is 213 cm³/mol. The zero-order chi connectivity index (χ0) is 34.6. The van der Waals surface area contributed by atoms with Crippen LogP contribution in [-0.2, 0) is 5.41 Å². The van der Waals surface area contributed by atoms with E-state index in [1.54, 1.807) is 0 Å². The first-order chi connectivity index (χ1) is 25.5. The molecule has 2 aromatic heterocycles. The third-order valence-electron chi connectivity index (χ3n) is 11.1. The van der Waals surface area contributed by atoms with Gasteiger partial charge in [0.2, 0.25) is 0 Å². The van der Waals surface area contributed by atoms with Gasteiger partial charge in [0, 0.05) is 32.9 Å². The fourth-order valence-electron chi connectivity index (χ4n) is 8.52. The first kappa shape index (κ1) is 29.1. The van der Waals surface area contributed by atoms with Gasteiger partial charge >= 0.3 is 0 Å². The summed E-state index contributed by atoms with van der Waals surface area (Å²) in [4.78, 5) is 15.4. The highest BCUT2D eigenvalue weighted by Crippen LogP contribution is 2.49. The van der Waals surface area contributed by atoms with Crippen LogP contribution in [0.4, 0.5) is 0 Å². The van der Waals surface area contributed by atoms with Crippen molar-refractivity contribution in [1.82, 2.24) is 15.0 Å². The molecule has 52 heavy (non-hydrogen) atoms. The number of aromatic nitrogens is 3. The molecule has 0 bridgehead atoms. The van der Waals surface area contributed by atoms with Crippen LogP contribution in [-0.4, -0.2) is 15.0 Å². The van der Waals surface area contributed by atoms with E-state index in [4.69, 9.17) is 19.4 Å². The van der Waals surface area contributed by atoms with Crippen molar-refractivity contribution < 1.29 is 4.42 Å². The number of para-hydroxylation sites is 1. The van der Waals surface area contributed by atoms with Gasteiger partial charge in [0.05, 0.1) is 0 Å². The second-order valence-electron chi connectivity index (χ2n) is 14.4. The van der Waals surface area contributed by atoms with Crippen molar-refractivity contribution in [1.29, 1.82) is 0 Å². The maximum absolute atomic E-state index is 6.36. The highest BCUT2D eigenvalue weighted by atomic mass is 16.3. The van der Waals surface area contributed by atoms with Gasteiger partial charge in [0.1, 0.15) is 11.2 Å². The summed E-state index contributed by atoms with van der Waals surface area (Å²) in [6.45, 7) is 4.61. The van der Waals surface area contributed by atoms with Crippen LogP contribution in [0.2, 0.25) is 0 Å². The first-order valence-electron chi connectivity index (χ1n) is 17.8. The van der Waals surface area contributed by atoms with Crippen molar-refractivity contribution in [2.75, 3.05) is 0 Å². The van der Waals surface area contributed by atoms with Crippen LogP contribution in [0.5, 0.6) is 0 Å². The number of nitrogens with zero attached hydrogens (tertiary/aromatic N) is 3. The van der Waals surface area contributed by atoms with Crippen molar-refractivity contribution in [2.24, 2.45) is 0 Å². The van der Waals surface area contributed by atoms with Gasteiger partial charge in [-0.15, -0.1) is 0 Å². The Kier molecular flexibility index (Phi) is 5.98. The van der Waals surface area contributed by atoms with E-state index in [0.717, 1.165) is 54.8 Å². The second kappa shape index (κ2) is 10.7. The van der Waals surface area contributed by atoms with E-state index in [1.165, 1.54) is 38.4 Å². The normalized spacial score (nSPS) is 13.3. The molecule has 0 radical (unpaired) electrons. The fourth-order valence-corrected chi connectivity index (χ4v) is 8.52. The van der Waals surface area contributed by atoms with Crippen LogP contribution in [0.1, 0.15) is 25.0 Å². The molecular formula is C48H31N3O. The third kappa shape index (κ3) is 4.18. The smallest absolute Gasteiger partial charge is 0.164 e. The Balaban J connectivity index is 1.14. The monoisotopic (exact) mass is 665 g/mol. The van der Waals surface area contributed by atoms with E-state index in [1.807, 2.05) is 30.3 Å². The molecule has 8 aromatic carbocycles. The van der Waals surface area contributed by atoms with E-state index < -0.39 is 0 Å². The van der Waals surface area contributed by atoms with Crippen LogP contribution in [0.3, 0.4) is 0 Å². The topological polar surface area (TPSA) is 51.8 Å². The summed E-state index contributed by atoms with van der Waals surface area (Å²) in [6, 6.07) is 53.7. The molecule has 0 unspecified atom stereocenters. The number of furan rings is 1. The molecule has 244 valence electrons. The lowest BCUT2D eigenvalue weighted by molar-refractivity contribution is 0.660. The number of benzene rings is 8. The summed E-state index contributed by atoms with van der Waals surface area (Å²) in [7, 11) is 0. The molecule has 0 amide bonds. The quantitative estimate of drug-likeness (QED) is 0.176. The largest absolute Gasteiger partial charge is 0.456 e. The van der Waals surface area contributed by atoms with E-state index >= 15 is 0 Å². The van der Waals surface area contributed by atoms with Gasteiger partial charge in [-0.2, -0.15) is 0 Å². The van der Waals surface area contributed by atoms with Gasteiger partial charge in [0.25, 0.3) is 0 Å². The number of rotatable bonds is 3. The van der Waals surface area contributed by atoms with Gasteiger partial charge < -0.3 is 4.42 Å². The molecule has 4 nitrogen and oxygen atoms in total. The summed E-state index contributed by atoms with van der Waals surface area (Å²) in [5.41, 5.74) is 9.77. The van der Waals surface area contributed by atoms with Crippen LogP contribution in [0.15, 0.2) is 156 Å². The van der Waals surface area contributed by atoms with Crippen LogP contribution in [0, 0.1) is 0 Å². The summed E-state index contributed by atoms with van der Waals surface area (Å²) in [6.07, 6.45) is 0. The second-order valence-corrected chi connectivity index (χ2v) is 14.4. The molecule has 0 atom stereocenters. The van der Waals surface area contributed by atoms with Gasteiger partial charge in [-0.25, -0.2) is 15.0 Å². The fraction of sp³-hybridized carbons (Fsp3) is 0.0625. The van der Waals surface area contributed by atoms with E-state index in [0.29, 0.717) is 17.5 Å². The average Bonchev–Trinajstić information content (AvgIpc) is 3.68. The highest BCUT2D eigenvalue weighted by Gasteiger charge is 2.35. The molecule has 0 N–H and O–H groups in total. The van der Waals surface area contributed by atoms with E-state index in [9.17, 15) is 0 Å². The third-order valence-corrected chi connectivity index (χ3v) is 11.1. The van der Waals surface area contributed by atoms with Crippen molar-refractivity contribution >= 4 is 54.3 Å². The molecule has 4 heteroatoms. The Hall–Kier alpha value is -6.65. The van der Waals surface area contributed by atoms with Gasteiger partial charge in [-0.3, -0.25) is 0 Å². The minimum atomic E-state index is -0.0713. The van der Waals surface area contributed by atoms with Gasteiger partial charge in [0.15, 0.2) is 17.5 Å². The summed E-state index contributed by atoms with van der Waals surface area (Å²) >= 11 is 0. The molecule has 1 aliphatic rings. The lowest BCUT2D eigenvalue weighted by Crippen LogP contribution is -2.14. The maximum Gasteiger partial charge on any atom is 0.164 e. The standard InChI is InChI=1S/C48H31N3O/c1-48(2)41-18-10-8-16-34(41)39-25-30(21-23-42(39)48)47-50-45(28-12-4-3-5-13-28)49-46(51-47)29-20-22-33-36(24-29)31-14-6-7-15-32(31)37-26-40-35-17-9-11-19-43(35)52-44(40)27-38(33)37/h3-27H,1-2H3.